The van der Waals surface area contributed by atoms with Crippen molar-refractivity contribution in [1.29, 1.82) is 0 Å². The van der Waals surface area contributed by atoms with E-state index >= 15 is 0 Å². The second-order valence-corrected chi connectivity index (χ2v) is 11.6. The summed E-state index contributed by atoms with van der Waals surface area (Å²) in [7, 11) is -2.53. The second-order valence-electron chi connectivity index (χ2n) is 8.18. The van der Waals surface area contributed by atoms with Gasteiger partial charge in [-0.2, -0.15) is 0 Å². The Hall–Kier alpha value is -0.838. The Balaban J connectivity index is 0.000000837. The van der Waals surface area contributed by atoms with Crippen LogP contribution in [0.5, 0.6) is 0 Å². The summed E-state index contributed by atoms with van der Waals surface area (Å²) in [6, 6.07) is 0. The van der Waals surface area contributed by atoms with Crippen molar-refractivity contribution < 1.29 is 57.4 Å². The van der Waals surface area contributed by atoms with E-state index in [1.807, 2.05) is 0 Å². The van der Waals surface area contributed by atoms with Gasteiger partial charge in [0.15, 0.2) is 0 Å². The molecule has 2 N–H and O–H groups in total. The molecule has 0 spiro atoms. The van der Waals surface area contributed by atoms with Gasteiger partial charge in [-0.25, -0.2) is 14.0 Å². The van der Waals surface area contributed by atoms with Crippen molar-refractivity contribution in [3.05, 3.63) is 20.2 Å². The van der Waals surface area contributed by atoms with Crippen molar-refractivity contribution in [2.75, 3.05) is 39.3 Å². The Bertz CT molecular complexity index is 569. The minimum absolute atomic E-state index is 1.05. The summed E-state index contributed by atoms with van der Waals surface area (Å²) < 4.78 is 39.0. The van der Waals surface area contributed by atoms with Crippen LogP contribution in [0.1, 0.15) is 77.0 Å². The van der Waals surface area contributed by atoms with Gasteiger partial charge in [-0.05, 0) is 38.5 Å². The molecule has 0 bridgehead atoms. The summed E-state index contributed by atoms with van der Waals surface area (Å²) in [4.78, 5) is 16.7. The van der Waals surface area contributed by atoms with Gasteiger partial charge in [0.05, 0.1) is 0 Å². The topological polar surface area (TPSA) is 188 Å². The third kappa shape index (κ3) is 14.5. The van der Waals surface area contributed by atoms with E-state index in [0.29, 0.717) is 0 Å². The first-order valence-corrected chi connectivity index (χ1v) is 16.7. The molecule has 34 heavy (non-hydrogen) atoms. The van der Waals surface area contributed by atoms with Gasteiger partial charge in [0.2, 0.25) is 0 Å². The molecule has 0 saturated carbocycles. The van der Waals surface area contributed by atoms with Crippen molar-refractivity contribution in [2.24, 2.45) is 0 Å². The Morgan fingerprint density at radius 3 is 0.853 bits per heavy atom. The number of nitrogens with zero attached hydrogens (tertiary/aromatic N) is 5. The van der Waals surface area contributed by atoms with E-state index in [1.54, 1.807) is 0 Å². The van der Waals surface area contributed by atoms with E-state index in [4.69, 9.17) is 35.1 Å². The Morgan fingerprint density at radius 1 is 0.559 bits per heavy atom. The van der Waals surface area contributed by atoms with Crippen molar-refractivity contribution in [2.45, 2.75) is 77.0 Å². The van der Waals surface area contributed by atoms with E-state index in [-0.39, 0.29) is 0 Å². The van der Waals surface area contributed by atoms with Crippen LogP contribution < -0.4 is 0 Å². The summed E-state index contributed by atoms with van der Waals surface area (Å²) in [5.74, 6) is 0. The molecule has 3 saturated heterocycles. The number of rotatable bonds is 3. The van der Waals surface area contributed by atoms with E-state index in [1.165, 1.54) is 77.0 Å². The molecule has 3 heterocycles. The first-order chi connectivity index (χ1) is 16.2. The summed E-state index contributed by atoms with van der Waals surface area (Å²) >= 11 is -2.51. The third-order valence-corrected chi connectivity index (χ3v) is 9.26. The predicted molar refractivity (Wildman–Crippen MR) is 117 cm³/mol. The molecular weight excluding hydrogens is 699 g/mol. The van der Waals surface area contributed by atoms with Crippen LogP contribution in [-0.2, 0) is 9.04 Å². The molecule has 14 nitrogen and oxygen atoms in total. The average Bonchev–Trinajstić information content (AvgIpc) is 3.29. The molecule has 0 aliphatic carbocycles. The van der Waals surface area contributed by atoms with E-state index < -0.39 is 45.6 Å². The molecule has 0 aromatic heterocycles. The SMILES string of the molecule is O=P(N1CCCCCC1)(N1CCCCCC1)N1CCCCCC1.O=[N+]([O-])O.O=[N+]([O-])O.[O]=[U]=[O]. The summed E-state index contributed by atoms with van der Waals surface area (Å²) in [5, 5.41) is 27.3. The van der Waals surface area contributed by atoms with Gasteiger partial charge in [-0.1, -0.05) is 38.5 Å². The van der Waals surface area contributed by atoms with Crippen LogP contribution in [0.2, 0.25) is 0 Å². The fourth-order valence-electron chi connectivity index (χ4n) is 4.48. The molecule has 3 rings (SSSR count). The second kappa shape index (κ2) is 20.4. The monoisotopic (exact) mass is 737 g/mol. The molecule has 3 aliphatic heterocycles. The predicted octanol–water partition coefficient (Wildman–Crippen LogP) is 3.79. The first-order valence-electron chi connectivity index (χ1n) is 11.7. The molecule has 0 aromatic carbocycles. The maximum absolute atomic E-state index is 14.5. The van der Waals surface area contributed by atoms with Gasteiger partial charge < -0.3 is 10.4 Å². The summed E-state index contributed by atoms with van der Waals surface area (Å²) in [6.07, 6.45) is 15.3. The van der Waals surface area contributed by atoms with Crippen LogP contribution in [0.15, 0.2) is 0 Å². The Kier molecular flexibility index (Phi) is 19.9. The van der Waals surface area contributed by atoms with Crippen LogP contribution in [-0.4, -0.2) is 73.9 Å². The standard InChI is InChI=1S/C18H36N3OP.2HNO3.2O.U/c22-23(19-13-7-1-2-8-14-19,20-15-9-3-4-10-16-20)21-17-11-5-6-12-18-21;2*2-1(3)4;;;/h1-18H2;2*(H,2,3,4);;;. The Labute approximate surface area is 215 Å². The van der Waals surface area contributed by atoms with E-state index in [2.05, 4.69) is 14.0 Å². The molecular formula is C18H38N5O9PU. The van der Waals surface area contributed by atoms with Crippen LogP contribution in [0, 0.1) is 48.0 Å². The molecule has 198 valence electrons. The molecule has 0 amide bonds. The van der Waals surface area contributed by atoms with Gasteiger partial charge in [0, 0.05) is 39.3 Å². The average molecular weight is 738 g/mol. The van der Waals surface area contributed by atoms with Crippen LogP contribution >= 0.6 is 7.59 Å². The van der Waals surface area contributed by atoms with Gasteiger partial charge in [0.25, 0.3) is 17.8 Å². The van der Waals surface area contributed by atoms with Gasteiger partial charge >= 0.3 is 32.3 Å². The van der Waals surface area contributed by atoms with Crippen molar-refractivity contribution >= 4 is 7.59 Å². The van der Waals surface area contributed by atoms with E-state index in [9.17, 15) is 4.57 Å². The zero-order valence-corrected chi connectivity index (χ0v) is 24.7. The Morgan fingerprint density at radius 2 is 0.706 bits per heavy atom. The number of hydrogen-bond acceptors (Lipinski definition) is 7. The zero-order chi connectivity index (χ0) is 25.8. The molecule has 3 aliphatic rings. The zero-order valence-electron chi connectivity index (χ0n) is 19.7. The van der Waals surface area contributed by atoms with Crippen molar-refractivity contribution in [3.63, 3.8) is 0 Å². The molecule has 0 atom stereocenters. The van der Waals surface area contributed by atoms with Crippen LogP contribution in [0.4, 0.5) is 0 Å². The summed E-state index contributed by atoms with van der Waals surface area (Å²) in [6.45, 7) is 6.28. The number of hydrogen-bond donors (Lipinski definition) is 2. The molecule has 0 radical (unpaired) electrons. The van der Waals surface area contributed by atoms with E-state index in [0.717, 1.165) is 39.3 Å². The third-order valence-electron chi connectivity index (χ3n) is 5.85. The summed E-state index contributed by atoms with van der Waals surface area (Å²) in [5.41, 5.74) is 0. The van der Waals surface area contributed by atoms with Crippen molar-refractivity contribution in [3.8, 4) is 0 Å². The fourth-order valence-corrected chi connectivity index (χ4v) is 7.97. The van der Waals surface area contributed by atoms with Crippen LogP contribution in [0.25, 0.3) is 0 Å². The molecule has 0 aromatic rings. The van der Waals surface area contributed by atoms with Gasteiger partial charge in [-0.15, -0.1) is 20.2 Å². The molecule has 16 heteroatoms. The minimum atomic E-state index is -2.53. The molecule has 0 unspecified atom stereocenters. The first kappa shape index (κ1) is 33.2. The molecule has 3 fully saturated rings. The quantitative estimate of drug-likeness (QED) is 0.243. The maximum atomic E-state index is 14.5. The van der Waals surface area contributed by atoms with Crippen molar-refractivity contribution in [1.82, 2.24) is 14.0 Å². The normalized spacial score (nSPS) is 20.6. The van der Waals surface area contributed by atoms with Gasteiger partial charge in [0.1, 0.15) is 0 Å². The van der Waals surface area contributed by atoms with Gasteiger partial charge in [-0.3, -0.25) is 4.57 Å². The fraction of sp³-hybridized carbons (Fsp3) is 1.00. The van der Waals surface area contributed by atoms with Crippen LogP contribution in [0.3, 0.4) is 0 Å².